The van der Waals surface area contributed by atoms with E-state index in [4.69, 9.17) is 9.47 Å². The topological polar surface area (TPSA) is 115 Å². The summed E-state index contributed by atoms with van der Waals surface area (Å²) in [6.07, 6.45) is 7.40. The summed E-state index contributed by atoms with van der Waals surface area (Å²) in [6, 6.07) is 8.81. The highest BCUT2D eigenvalue weighted by atomic mass is 79.9. The number of rotatable bonds is 8. The molecule has 2 N–H and O–H groups in total. The second-order valence-corrected chi connectivity index (χ2v) is 9.80. The molecule has 0 bridgehead atoms. The normalized spacial score (nSPS) is 13.1. The number of carbonyl (C=O) groups excluding carboxylic acids is 1. The van der Waals surface area contributed by atoms with Crippen LogP contribution in [-0.2, 0) is 0 Å². The minimum absolute atomic E-state index is 0.365. The first-order valence-corrected chi connectivity index (χ1v) is 12.9. The van der Waals surface area contributed by atoms with Gasteiger partial charge in [-0.3, -0.25) is 14.6 Å². The third-order valence-corrected chi connectivity index (χ3v) is 6.81. The molecule has 4 rings (SSSR count). The monoisotopic (exact) mass is 568 g/mol. The van der Waals surface area contributed by atoms with E-state index in [9.17, 15) is 14.4 Å². The number of halogens is 1. The lowest BCUT2D eigenvalue weighted by molar-refractivity contribution is 0.0945. The molecular formula is C27H29BrN4O5. The molecule has 37 heavy (non-hydrogen) atoms. The Hall–Kier alpha value is -3.66. The summed E-state index contributed by atoms with van der Waals surface area (Å²) < 4.78 is 13.1. The SMILES string of the molecule is COc1ccc(Oc2c(C)cc(-n3nc(C(=O)NCCC4=CCCCC4)c(=O)[nH]c3=O)cc2C)cc1Br. The molecule has 2 aromatic carbocycles. The highest BCUT2D eigenvalue weighted by molar-refractivity contribution is 9.10. The first kappa shape index (κ1) is 26.4. The first-order chi connectivity index (χ1) is 17.8. The summed E-state index contributed by atoms with van der Waals surface area (Å²) >= 11 is 3.45. The van der Waals surface area contributed by atoms with Gasteiger partial charge in [0.05, 0.1) is 17.3 Å². The van der Waals surface area contributed by atoms with Crippen molar-refractivity contribution in [3.05, 3.63) is 84.1 Å². The van der Waals surface area contributed by atoms with E-state index in [0.29, 0.717) is 29.5 Å². The number of aromatic nitrogens is 3. The van der Waals surface area contributed by atoms with Gasteiger partial charge in [0.15, 0.2) is 0 Å². The second-order valence-electron chi connectivity index (χ2n) is 8.94. The largest absolute Gasteiger partial charge is 0.496 e. The molecule has 0 fully saturated rings. The summed E-state index contributed by atoms with van der Waals surface area (Å²) in [6.45, 7) is 4.08. The zero-order chi connectivity index (χ0) is 26.5. The van der Waals surface area contributed by atoms with Gasteiger partial charge in [0.2, 0.25) is 5.69 Å². The molecule has 0 unspecified atom stereocenters. The summed E-state index contributed by atoms with van der Waals surface area (Å²) in [5, 5.41) is 6.85. The Labute approximate surface area is 222 Å². The number of ether oxygens (including phenoxy) is 2. The third-order valence-electron chi connectivity index (χ3n) is 6.19. The Morgan fingerprint density at radius 1 is 1.16 bits per heavy atom. The average Bonchev–Trinajstić information content (AvgIpc) is 2.87. The fourth-order valence-corrected chi connectivity index (χ4v) is 4.83. The summed E-state index contributed by atoms with van der Waals surface area (Å²) in [4.78, 5) is 39.9. The standard InChI is InChI=1S/C27H29BrN4O5/c1-16-13-19(14-17(2)24(16)37-20-9-10-22(36-3)21(28)15-20)32-27(35)30-26(34)23(31-32)25(33)29-12-11-18-7-5-4-6-8-18/h7,9-10,13-15H,4-6,8,11-12H2,1-3H3,(H,29,33)(H,30,34,35). The first-order valence-electron chi connectivity index (χ1n) is 12.1. The van der Waals surface area contributed by atoms with E-state index in [-0.39, 0.29) is 5.69 Å². The van der Waals surface area contributed by atoms with Crippen molar-refractivity contribution in [1.82, 2.24) is 20.1 Å². The van der Waals surface area contributed by atoms with E-state index < -0.39 is 17.2 Å². The van der Waals surface area contributed by atoms with Gasteiger partial charge in [-0.2, -0.15) is 9.78 Å². The molecule has 1 aliphatic rings. The predicted molar refractivity (Wildman–Crippen MR) is 144 cm³/mol. The van der Waals surface area contributed by atoms with E-state index in [2.05, 4.69) is 37.4 Å². The van der Waals surface area contributed by atoms with Crippen LogP contribution in [0.2, 0.25) is 0 Å². The molecule has 1 amide bonds. The number of H-pyrrole nitrogens is 1. The summed E-state index contributed by atoms with van der Waals surface area (Å²) in [7, 11) is 1.59. The lowest BCUT2D eigenvalue weighted by atomic mass is 9.97. The van der Waals surface area contributed by atoms with E-state index in [1.165, 1.54) is 12.0 Å². The number of nitrogens with one attached hydrogen (secondary N) is 2. The average molecular weight is 569 g/mol. The number of aryl methyl sites for hydroxylation is 2. The molecule has 194 valence electrons. The quantitative estimate of drug-likeness (QED) is 0.380. The van der Waals surface area contributed by atoms with Gasteiger partial charge in [-0.1, -0.05) is 11.6 Å². The third kappa shape index (κ3) is 6.19. The summed E-state index contributed by atoms with van der Waals surface area (Å²) in [5.41, 5.74) is 1.28. The lowest BCUT2D eigenvalue weighted by Crippen LogP contribution is -2.39. The molecule has 0 aliphatic heterocycles. The van der Waals surface area contributed by atoms with Crippen molar-refractivity contribution < 1.29 is 14.3 Å². The maximum atomic E-state index is 12.7. The maximum absolute atomic E-state index is 12.7. The minimum Gasteiger partial charge on any atom is -0.496 e. The number of amides is 1. The van der Waals surface area contributed by atoms with Gasteiger partial charge in [-0.25, -0.2) is 4.79 Å². The molecule has 0 saturated heterocycles. The van der Waals surface area contributed by atoms with Gasteiger partial charge in [-0.15, -0.1) is 0 Å². The Balaban J connectivity index is 1.56. The molecule has 1 heterocycles. The van der Waals surface area contributed by atoms with Crippen LogP contribution in [0.5, 0.6) is 17.2 Å². The van der Waals surface area contributed by atoms with Gasteiger partial charge >= 0.3 is 5.69 Å². The number of methoxy groups -OCH3 is 1. The van der Waals surface area contributed by atoms with Crippen molar-refractivity contribution in [1.29, 1.82) is 0 Å². The molecule has 9 nitrogen and oxygen atoms in total. The van der Waals surface area contributed by atoms with Gasteiger partial charge < -0.3 is 14.8 Å². The smallest absolute Gasteiger partial charge is 0.349 e. The number of benzene rings is 2. The zero-order valence-corrected chi connectivity index (χ0v) is 22.6. The van der Waals surface area contributed by atoms with E-state index >= 15 is 0 Å². The van der Waals surface area contributed by atoms with Crippen LogP contribution < -0.4 is 26.0 Å². The molecule has 1 aromatic heterocycles. The molecule has 0 saturated carbocycles. The fourth-order valence-electron chi connectivity index (χ4n) is 4.31. The van der Waals surface area contributed by atoms with Gasteiger partial charge in [0, 0.05) is 6.54 Å². The van der Waals surface area contributed by atoms with Crippen molar-refractivity contribution >= 4 is 21.8 Å². The van der Waals surface area contributed by atoms with Crippen molar-refractivity contribution in [3.63, 3.8) is 0 Å². The Morgan fingerprint density at radius 2 is 1.92 bits per heavy atom. The number of hydrogen-bond acceptors (Lipinski definition) is 6. The fraction of sp³-hybridized carbons (Fsp3) is 0.333. The van der Waals surface area contributed by atoms with Crippen LogP contribution >= 0.6 is 15.9 Å². The van der Waals surface area contributed by atoms with Gasteiger partial charge in [0.25, 0.3) is 11.5 Å². The van der Waals surface area contributed by atoms with Crippen LogP contribution in [0.4, 0.5) is 0 Å². The molecule has 0 spiro atoms. The van der Waals surface area contributed by atoms with E-state index in [1.54, 1.807) is 37.4 Å². The Morgan fingerprint density at radius 3 is 2.57 bits per heavy atom. The number of allylic oxidation sites excluding steroid dienone is 1. The molecule has 3 aromatic rings. The van der Waals surface area contributed by atoms with Crippen molar-refractivity contribution in [3.8, 4) is 22.9 Å². The molecular weight excluding hydrogens is 540 g/mol. The number of nitrogens with zero attached hydrogens (tertiary/aromatic N) is 2. The van der Waals surface area contributed by atoms with Crippen LogP contribution in [0.3, 0.4) is 0 Å². The van der Waals surface area contributed by atoms with Crippen LogP contribution in [-0.4, -0.2) is 34.3 Å². The minimum atomic E-state index is -0.825. The highest BCUT2D eigenvalue weighted by Crippen LogP contribution is 2.34. The van der Waals surface area contributed by atoms with E-state index in [1.807, 2.05) is 13.8 Å². The van der Waals surface area contributed by atoms with Crippen molar-refractivity contribution in [2.75, 3.05) is 13.7 Å². The molecule has 1 aliphatic carbocycles. The van der Waals surface area contributed by atoms with E-state index in [0.717, 1.165) is 46.0 Å². The van der Waals surface area contributed by atoms with Gasteiger partial charge in [0.1, 0.15) is 17.2 Å². The van der Waals surface area contributed by atoms with Crippen LogP contribution in [0.1, 0.15) is 53.7 Å². The van der Waals surface area contributed by atoms with Crippen LogP contribution in [0.15, 0.2) is 56.0 Å². The Kier molecular flexibility index (Phi) is 8.27. The predicted octanol–water partition coefficient (Wildman–Crippen LogP) is 4.72. The number of hydrogen-bond donors (Lipinski definition) is 2. The van der Waals surface area contributed by atoms with Crippen molar-refractivity contribution in [2.24, 2.45) is 0 Å². The Bertz CT molecular complexity index is 1450. The number of carbonyl (C=O) groups is 1. The van der Waals surface area contributed by atoms with Crippen LogP contribution in [0, 0.1) is 13.8 Å². The summed E-state index contributed by atoms with van der Waals surface area (Å²) in [5.74, 6) is 1.29. The lowest BCUT2D eigenvalue weighted by Gasteiger charge is -2.15. The highest BCUT2D eigenvalue weighted by Gasteiger charge is 2.18. The maximum Gasteiger partial charge on any atom is 0.349 e. The van der Waals surface area contributed by atoms with Crippen LogP contribution in [0.25, 0.3) is 5.69 Å². The second kappa shape index (κ2) is 11.6. The van der Waals surface area contributed by atoms with Gasteiger partial charge in [-0.05, 0) is 103 Å². The molecule has 0 radical (unpaired) electrons. The number of aromatic amines is 1. The zero-order valence-electron chi connectivity index (χ0n) is 21.0. The van der Waals surface area contributed by atoms with Crippen molar-refractivity contribution in [2.45, 2.75) is 46.0 Å². The molecule has 0 atom stereocenters. The molecule has 10 heteroatoms.